The topological polar surface area (TPSA) is 29.1 Å². The zero-order valence-corrected chi connectivity index (χ0v) is 12.6. The smallest absolute Gasteiger partial charge is 0.265 e. The van der Waals surface area contributed by atoms with Crippen LogP contribution in [0.25, 0.3) is 0 Å². The summed E-state index contributed by atoms with van der Waals surface area (Å²) in [7, 11) is 3.94. The van der Waals surface area contributed by atoms with Gasteiger partial charge in [-0.3, -0.25) is 4.79 Å². The zero-order chi connectivity index (χ0) is 14.7. The van der Waals surface area contributed by atoms with Crippen molar-refractivity contribution in [2.45, 2.75) is 26.7 Å². The molecular weight excluding hydrogens is 236 g/mol. The van der Waals surface area contributed by atoms with Crippen molar-refractivity contribution in [2.24, 2.45) is 0 Å². The van der Waals surface area contributed by atoms with E-state index in [1.54, 1.807) is 0 Å². The third kappa shape index (κ3) is 10.0. The van der Waals surface area contributed by atoms with Gasteiger partial charge in [0, 0.05) is 6.08 Å². The molecule has 0 aliphatic carbocycles. The highest BCUT2D eigenvalue weighted by Crippen LogP contribution is 1.96. The first kappa shape index (κ1) is 17.4. The predicted molar refractivity (Wildman–Crippen MR) is 81.4 cm³/mol. The molecule has 0 spiro atoms. The van der Waals surface area contributed by atoms with Crippen LogP contribution in [0.3, 0.4) is 0 Å². The summed E-state index contributed by atoms with van der Waals surface area (Å²) in [5.41, 5.74) is 4.14. The molecule has 0 saturated heterocycles. The van der Waals surface area contributed by atoms with Crippen LogP contribution in [0, 0.1) is 6.92 Å². The highest BCUT2D eigenvalue weighted by Gasteiger charge is 2.15. The summed E-state index contributed by atoms with van der Waals surface area (Å²) in [4.78, 5) is 10.9. The van der Waals surface area contributed by atoms with Gasteiger partial charge >= 0.3 is 0 Å². The van der Waals surface area contributed by atoms with Gasteiger partial charge in [0.2, 0.25) is 0 Å². The van der Waals surface area contributed by atoms with Crippen LogP contribution in [0.5, 0.6) is 0 Å². The Balaban J connectivity index is 0.000000388. The molecule has 1 amide bonds. The fraction of sp³-hybridized carbons (Fsp3) is 0.438. The Kier molecular flexibility index (Phi) is 8.55. The Labute approximate surface area is 117 Å². The first-order chi connectivity index (χ1) is 8.91. The van der Waals surface area contributed by atoms with Crippen LogP contribution in [0.4, 0.5) is 0 Å². The van der Waals surface area contributed by atoms with Gasteiger partial charge in [-0.2, -0.15) is 5.43 Å². The van der Waals surface area contributed by atoms with E-state index in [2.05, 4.69) is 38.0 Å². The number of hydrogen-bond donors (Lipinski definition) is 1. The Morgan fingerprint density at radius 1 is 1.32 bits per heavy atom. The minimum atomic E-state index is -0.115. The fourth-order valence-corrected chi connectivity index (χ4v) is 1.49. The zero-order valence-electron chi connectivity index (χ0n) is 12.6. The lowest BCUT2D eigenvalue weighted by Gasteiger charge is -2.28. The van der Waals surface area contributed by atoms with Gasteiger partial charge in [0.1, 0.15) is 6.54 Å². The molecule has 0 atom stereocenters. The highest BCUT2D eigenvalue weighted by atomic mass is 16.2. The lowest BCUT2D eigenvalue weighted by Crippen LogP contribution is -2.54. The number of amides is 1. The number of hydrogen-bond acceptors (Lipinski definition) is 1. The summed E-state index contributed by atoms with van der Waals surface area (Å²) in [6, 6.07) is 10.3. The second kappa shape index (κ2) is 9.34. The molecule has 1 aromatic rings. The quantitative estimate of drug-likeness (QED) is 0.494. The molecule has 0 aliphatic rings. The van der Waals surface area contributed by atoms with Crippen molar-refractivity contribution in [3.05, 3.63) is 48.6 Å². The monoisotopic (exact) mass is 263 g/mol. The summed E-state index contributed by atoms with van der Waals surface area (Å²) in [6.07, 6.45) is 3.56. The summed E-state index contributed by atoms with van der Waals surface area (Å²) in [5.74, 6) is -0.115. The average Bonchev–Trinajstić information content (AvgIpc) is 2.37. The molecule has 3 nitrogen and oxygen atoms in total. The molecule has 1 aromatic carbocycles. The number of nitrogens with one attached hydrogen (secondary N) is 1. The predicted octanol–water partition coefficient (Wildman–Crippen LogP) is 3.08. The van der Waals surface area contributed by atoms with Crippen molar-refractivity contribution >= 4 is 5.91 Å². The lowest BCUT2D eigenvalue weighted by atomic mass is 10.2. The minimum absolute atomic E-state index is 0.115. The third-order valence-electron chi connectivity index (χ3n) is 2.61. The first-order valence-corrected chi connectivity index (χ1v) is 6.70. The number of aryl methyl sites for hydroxylation is 1. The molecule has 3 heteroatoms. The van der Waals surface area contributed by atoms with Crippen molar-refractivity contribution in [1.82, 2.24) is 5.43 Å². The van der Waals surface area contributed by atoms with Gasteiger partial charge < -0.3 is 0 Å². The normalized spacial score (nSPS) is 10.1. The molecule has 0 aliphatic heterocycles. The largest absolute Gasteiger partial charge is 0.288 e. The van der Waals surface area contributed by atoms with E-state index in [0.29, 0.717) is 4.59 Å². The summed E-state index contributed by atoms with van der Waals surface area (Å²) >= 11 is 0. The maximum atomic E-state index is 10.9. The number of rotatable bonds is 5. The van der Waals surface area contributed by atoms with Crippen molar-refractivity contribution in [2.75, 3.05) is 20.6 Å². The van der Waals surface area contributed by atoms with E-state index in [9.17, 15) is 4.79 Å². The molecule has 0 radical (unpaired) electrons. The number of carbonyl (C=O) groups excluding carboxylic acids is 1. The summed E-state index contributed by atoms with van der Waals surface area (Å²) in [5, 5.41) is 0. The first-order valence-electron chi connectivity index (χ1n) is 6.70. The molecule has 0 bridgehead atoms. The fourth-order valence-electron chi connectivity index (χ4n) is 1.49. The summed E-state index contributed by atoms with van der Waals surface area (Å²) in [6.45, 7) is 8.58. The van der Waals surface area contributed by atoms with Gasteiger partial charge in [0.15, 0.2) is 0 Å². The number of benzene rings is 1. The molecule has 1 N–H and O–H groups in total. The van der Waals surface area contributed by atoms with Crippen LogP contribution in [0.2, 0.25) is 0 Å². The van der Waals surface area contributed by atoms with Gasteiger partial charge in [-0.05, 0) is 13.3 Å². The minimum Gasteiger partial charge on any atom is -0.265 e. The van der Waals surface area contributed by atoms with Gasteiger partial charge in [0.05, 0.1) is 14.1 Å². The summed E-state index contributed by atoms with van der Waals surface area (Å²) < 4.78 is 0.526. The second-order valence-electron chi connectivity index (χ2n) is 5.10. The Morgan fingerprint density at radius 3 is 2.26 bits per heavy atom. The van der Waals surface area contributed by atoms with Gasteiger partial charge in [-0.1, -0.05) is 55.8 Å². The van der Waals surface area contributed by atoms with E-state index in [1.807, 2.05) is 32.3 Å². The van der Waals surface area contributed by atoms with Crippen molar-refractivity contribution < 1.29 is 9.39 Å². The van der Waals surface area contributed by atoms with Crippen LogP contribution in [0.15, 0.2) is 43.0 Å². The molecule has 0 heterocycles. The number of carbonyl (C=O) groups is 1. The third-order valence-corrected chi connectivity index (χ3v) is 2.61. The lowest BCUT2D eigenvalue weighted by molar-refractivity contribution is -0.925. The van der Waals surface area contributed by atoms with E-state index in [1.165, 1.54) is 11.6 Å². The standard InChI is InChI=1S/C9H18N2O.C7H8/c1-5-7-8-11(3,4)10-9(12)6-2;1-7-5-3-2-4-6-7/h6H,2,5,7-8H2,1,3-4H3;2-6H,1H3/p+1. The number of unbranched alkanes of at least 4 members (excludes halogenated alkanes) is 1. The van der Waals surface area contributed by atoms with Crippen LogP contribution in [-0.2, 0) is 4.79 Å². The Bertz CT molecular complexity index is 372. The van der Waals surface area contributed by atoms with Crippen molar-refractivity contribution in [3.8, 4) is 0 Å². The molecule has 0 aromatic heterocycles. The molecule has 106 valence electrons. The molecule has 0 fully saturated rings. The molecule has 19 heavy (non-hydrogen) atoms. The maximum absolute atomic E-state index is 10.9. The second-order valence-corrected chi connectivity index (χ2v) is 5.10. The van der Waals surface area contributed by atoms with Crippen molar-refractivity contribution in [3.63, 3.8) is 0 Å². The van der Waals surface area contributed by atoms with E-state index in [0.717, 1.165) is 19.4 Å². The molecular formula is C16H27N2O+. The Hall–Kier alpha value is -1.61. The van der Waals surface area contributed by atoms with Gasteiger partial charge in [-0.15, -0.1) is 0 Å². The van der Waals surface area contributed by atoms with Crippen LogP contribution in [-0.4, -0.2) is 31.1 Å². The van der Waals surface area contributed by atoms with Gasteiger partial charge in [0.25, 0.3) is 5.91 Å². The number of quaternary nitrogens is 1. The van der Waals surface area contributed by atoms with Crippen molar-refractivity contribution in [1.29, 1.82) is 0 Å². The molecule has 0 saturated carbocycles. The van der Waals surface area contributed by atoms with Crippen LogP contribution >= 0.6 is 0 Å². The SMILES string of the molecule is C=CC(=O)N[N+](C)(C)CCCC.Cc1ccccc1. The number of nitrogens with zero attached hydrogens (tertiary/aromatic N) is 1. The Morgan fingerprint density at radius 2 is 1.89 bits per heavy atom. The van der Waals surface area contributed by atoms with E-state index in [4.69, 9.17) is 0 Å². The van der Waals surface area contributed by atoms with E-state index in [-0.39, 0.29) is 5.91 Å². The van der Waals surface area contributed by atoms with Gasteiger partial charge in [-0.25, -0.2) is 4.59 Å². The van der Waals surface area contributed by atoms with E-state index >= 15 is 0 Å². The highest BCUT2D eigenvalue weighted by molar-refractivity contribution is 5.85. The van der Waals surface area contributed by atoms with E-state index < -0.39 is 0 Å². The van der Waals surface area contributed by atoms with Crippen LogP contribution in [0.1, 0.15) is 25.3 Å². The molecule has 0 unspecified atom stereocenters. The maximum Gasteiger partial charge on any atom is 0.288 e. The molecule has 1 rings (SSSR count). The average molecular weight is 263 g/mol. The van der Waals surface area contributed by atoms with Crippen LogP contribution < -0.4 is 5.43 Å².